The number of thioether (sulfide) groups is 1. The van der Waals surface area contributed by atoms with Crippen molar-refractivity contribution in [3.63, 3.8) is 0 Å². The average Bonchev–Trinajstić information content (AvgIpc) is 2.53. The molecule has 1 aromatic carbocycles. The molecule has 1 aromatic heterocycles. The number of hydrogen-bond donors (Lipinski definition) is 1. The Morgan fingerprint density at radius 3 is 3.00 bits per heavy atom. The zero-order valence-electron chi connectivity index (χ0n) is 11.6. The number of aromatic nitrogens is 2. The number of ether oxygens (including phenoxy) is 1. The molecule has 4 nitrogen and oxygen atoms in total. The number of hydrogen-bond acceptors (Lipinski definition) is 5. The molecule has 1 atom stereocenters. The van der Waals surface area contributed by atoms with Gasteiger partial charge in [-0.2, -0.15) is 0 Å². The van der Waals surface area contributed by atoms with Crippen molar-refractivity contribution in [1.29, 1.82) is 0 Å². The minimum atomic E-state index is 0.349. The second-order valence-corrected chi connectivity index (χ2v) is 5.91. The van der Waals surface area contributed by atoms with Crippen LogP contribution in [-0.2, 0) is 4.74 Å². The predicted octanol–water partition coefficient (Wildman–Crippen LogP) is 3.33. The van der Waals surface area contributed by atoms with Crippen molar-refractivity contribution in [2.75, 3.05) is 24.7 Å². The fourth-order valence-electron chi connectivity index (χ4n) is 2.42. The first-order valence-electron chi connectivity index (χ1n) is 7.06. The summed E-state index contributed by atoms with van der Waals surface area (Å²) in [4.78, 5) is 9.21. The molecule has 20 heavy (non-hydrogen) atoms. The Bertz CT molecular complexity index is 584. The number of nitrogens with one attached hydrogen (secondary N) is 1. The number of anilines is 1. The average molecular weight is 289 g/mol. The summed E-state index contributed by atoms with van der Waals surface area (Å²) in [6.07, 6.45) is 3.96. The van der Waals surface area contributed by atoms with Crippen LogP contribution in [0.5, 0.6) is 0 Å². The van der Waals surface area contributed by atoms with E-state index in [1.807, 2.05) is 31.3 Å². The molecule has 106 valence electrons. The molecule has 1 aliphatic heterocycles. The molecule has 1 saturated heterocycles. The molecule has 5 heteroatoms. The van der Waals surface area contributed by atoms with Crippen LogP contribution in [0.25, 0.3) is 10.9 Å². The van der Waals surface area contributed by atoms with Gasteiger partial charge < -0.3 is 10.1 Å². The van der Waals surface area contributed by atoms with E-state index >= 15 is 0 Å². The van der Waals surface area contributed by atoms with Gasteiger partial charge in [0.15, 0.2) is 5.16 Å². The minimum absolute atomic E-state index is 0.349. The summed E-state index contributed by atoms with van der Waals surface area (Å²) in [6.45, 7) is 0.894. The summed E-state index contributed by atoms with van der Waals surface area (Å²) in [5.74, 6) is 1.82. The van der Waals surface area contributed by atoms with Crippen molar-refractivity contribution in [2.24, 2.45) is 0 Å². The van der Waals surface area contributed by atoms with Gasteiger partial charge in [-0.1, -0.05) is 23.9 Å². The Hall–Kier alpha value is -1.33. The molecule has 2 aromatic rings. The van der Waals surface area contributed by atoms with Crippen LogP contribution in [0.15, 0.2) is 29.4 Å². The maximum atomic E-state index is 5.75. The summed E-state index contributed by atoms with van der Waals surface area (Å²) in [6, 6.07) is 8.08. The Balaban J connectivity index is 1.77. The minimum Gasteiger partial charge on any atom is -0.377 e. The Kier molecular flexibility index (Phi) is 4.38. The first-order chi connectivity index (χ1) is 9.86. The number of fused-ring (bicyclic) bond motifs is 1. The monoisotopic (exact) mass is 289 g/mol. The van der Waals surface area contributed by atoms with E-state index in [9.17, 15) is 0 Å². The lowest BCUT2D eigenvalue weighted by Gasteiger charge is -2.21. The van der Waals surface area contributed by atoms with Crippen molar-refractivity contribution in [2.45, 2.75) is 30.5 Å². The fraction of sp³-hybridized carbons (Fsp3) is 0.467. The van der Waals surface area contributed by atoms with Crippen LogP contribution in [0.4, 0.5) is 5.82 Å². The van der Waals surface area contributed by atoms with E-state index < -0.39 is 0 Å². The molecule has 0 aliphatic carbocycles. The van der Waals surface area contributed by atoms with Crippen LogP contribution in [0.3, 0.4) is 0 Å². The third-order valence-corrected chi connectivity index (χ3v) is 4.47. The zero-order valence-corrected chi connectivity index (χ0v) is 12.4. The third kappa shape index (κ3) is 3.04. The molecule has 1 aliphatic rings. The third-order valence-electron chi connectivity index (χ3n) is 3.49. The van der Waals surface area contributed by atoms with Crippen LogP contribution in [0.1, 0.15) is 19.3 Å². The summed E-state index contributed by atoms with van der Waals surface area (Å²) >= 11 is 1.68. The van der Waals surface area contributed by atoms with Crippen molar-refractivity contribution in [3.05, 3.63) is 24.3 Å². The van der Waals surface area contributed by atoms with Gasteiger partial charge in [-0.3, -0.25) is 0 Å². The number of para-hydroxylation sites is 1. The molecular formula is C15H19N3OS. The van der Waals surface area contributed by atoms with Gasteiger partial charge in [0.2, 0.25) is 0 Å². The molecule has 0 bridgehead atoms. The number of benzene rings is 1. The van der Waals surface area contributed by atoms with Crippen molar-refractivity contribution in [3.8, 4) is 0 Å². The highest BCUT2D eigenvalue weighted by Crippen LogP contribution is 2.26. The molecule has 0 spiro atoms. The summed E-state index contributed by atoms with van der Waals surface area (Å²) < 4.78 is 5.75. The quantitative estimate of drug-likeness (QED) is 0.691. The Morgan fingerprint density at radius 1 is 1.30 bits per heavy atom. The highest BCUT2D eigenvalue weighted by atomic mass is 32.2. The number of nitrogens with zero attached hydrogens (tertiary/aromatic N) is 2. The lowest BCUT2D eigenvalue weighted by atomic mass is 10.1. The lowest BCUT2D eigenvalue weighted by molar-refractivity contribution is 0.0315. The van der Waals surface area contributed by atoms with Crippen LogP contribution in [-0.4, -0.2) is 35.5 Å². The van der Waals surface area contributed by atoms with Gasteiger partial charge in [0.25, 0.3) is 0 Å². The molecular weight excluding hydrogens is 270 g/mol. The molecule has 0 amide bonds. The van der Waals surface area contributed by atoms with Gasteiger partial charge in [0.05, 0.1) is 11.6 Å². The topological polar surface area (TPSA) is 47.0 Å². The maximum absolute atomic E-state index is 5.75. The van der Waals surface area contributed by atoms with E-state index in [1.54, 1.807) is 11.8 Å². The van der Waals surface area contributed by atoms with Crippen LogP contribution in [0.2, 0.25) is 0 Å². The van der Waals surface area contributed by atoms with Gasteiger partial charge in [0, 0.05) is 24.8 Å². The first kappa shape index (κ1) is 13.6. The molecule has 1 N–H and O–H groups in total. The fourth-order valence-corrected chi connectivity index (χ4v) is 3.33. The highest BCUT2D eigenvalue weighted by Gasteiger charge is 2.15. The Morgan fingerprint density at radius 2 is 2.20 bits per heavy atom. The second kappa shape index (κ2) is 6.41. The summed E-state index contributed by atoms with van der Waals surface area (Å²) in [5, 5.41) is 5.04. The summed E-state index contributed by atoms with van der Waals surface area (Å²) in [5.41, 5.74) is 0.985. The van der Waals surface area contributed by atoms with E-state index in [4.69, 9.17) is 4.74 Å². The van der Waals surface area contributed by atoms with Gasteiger partial charge in [-0.25, -0.2) is 9.97 Å². The van der Waals surface area contributed by atoms with Gasteiger partial charge >= 0.3 is 0 Å². The maximum Gasteiger partial charge on any atom is 0.190 e. The van der Waals surface area contributed by atoms with E-state index in [2.05, 4.69) is 15.3 Å². The molecule has 0 unspecified atom stereocenters. The predicted molar refractivity (Wildman–Crippen MR) is 83.4 cm³/mol. The van der Waals surface area contributed by atoms with E-state index in [0.29, 0.717) is 6.10 Å². The largest absolute Gasteiger partial charge is 0.377 e. The van der Waals surface area contributed by atoms with Crippen molar-refractivity contribution >= 4 is 28.5 Å². The molecule has 1 fully saturated rings. The van der Waals surface area contributed by atoms with Gasteiger partial charge in [-0.15, -0.1) is 0 Å². The van der Waals surface area contributed by atoms with Crippen LogP contribution < -0.4 is 5.32 Å². The van der Waals surface area contributed by atoms with Crippen LogP contribution in [0, 0.1) is 0 Å². The van der Waals surface area contributed by atoms with E-state index in [-0.39, 0.29) is 0 Å². The van der Waals surface area contributed by atoms with Gasteiger partial charge in [-0.05, 0) is 31.4 Å². The Labute approximate surface area is 123 Å². The van der Waals surface area contributed by atoms with E-state index in [0.717, 1.165) is 40.7 Å². The number of rotatable bonds is 4. The smallest absolute Gasteiger partial charge is 0.190 e. The second-order valence-electron chi connectivity index (χ2n) is 4.92. The highest BCUT2D eigenvalue weighted by molar-refractivity contribution is 7.99. The zero-order chi connectivity index (χ0) is 13.8. The lowest BCUT2D eigenvalue weighted by Crippen LogP contribution is -2.21. The molecule has 2 heterocycles. The SMILES string of the molecule is CNc1nc(SC[C@H]2CCCCO2)nc2ccccc12. The summed E-state index contributed by atoms with van der Waals surface area (Å²) in [7, 11) is 1.90. The van der Waals surface area contributed by atoms with Crippen LogP contribution >= 0.6 is 11.8 Å². The van der Waals surface area contributed by atoms with E-state index in [1.165, 1.54) is 12.8 Å². The van der Waals surface area contributed by atoms with Crippen molar-refractivity contribution < 1.29 is 4.74 Å². The first-order valence-corrected chi connectivity index (χ1v) is 8.04. The standard InChI is InChI=1S/C15H19N3OS/c1-16-14-12-7-2-3-8-13(12)17-15(18-14)20-10-11-6-4-5-9-19-11/h2-3,7-8,11H,4-6,9-10H2,1H3,(H,16,17,18)/t11-/m1/s1. The molecule has 3 rings (SSSR count). The molecule has 0 radical (unpaired) electrons. The normalized spacial score (nSPS) is 19.1. The van der Waals surface area contributed by atoms with Gasteiger partial charge in [0.1, 0.15) is 5.82 Å². The molecule has 0 saturated carbocycles. The van der Waals surface area contributed by atoms with Crippen molar-refractivity contribution in [1.82, 2.24) is 9.97 Å².